The molecule has 0 aromatic heterocycles. The number of hydrogen-bond donors (Lipinski definition) is 0. The standard InChI is InChI=1S/C25H35BO2Si/c1-24(2)25(3,4)28-26(27-24)22(17-13-16-21-14-9-7-10-15-21)20-29(5,6)23-18-11-8-12-19-23/h7-12,14-15,17-19H,13,16,20H2,1-6H3. The third kappa shape index (κ3) is 5.30. The molecule has 2 aromatic rings. The van der Waals surface area contributed by atoms with Gasteiger partial charge in [0.1, 0.15) is 0 Å². The van der Waals surface area contributed by atoms with E-state index in [0.29, 0.717) is 0 Å². The molecular weight excluding hydrogens is 371 g/mol. The van der Waals surface area contributed by atoms with Crippen LogP contribution in [0.5, 0.6) is 0 Å². The minimum Gasteiger partial charge on any atom is -0.400 e. The van der Waals surface area contributed by atoms with Crippen molar-refractivity contribution in [2.24, 2.45) is 0 Å². The monoisotopic (exact) mass is 406 g/mol. The lowest BCUT2D eigenvalue weighted by Crippen LogP contribution is -2.43. The summed E-state index contributed by atoms with van der Waals surface area (Å²) in [6.45, 7) is 13.4. The minimum absolute atomic E-state index is 0.258. The van der Waals surface area contributed by atoms with E-state index in [1.165, 1.54) is 16.2 Å². The van der Waals surface area contributed by atoms with Crippen LogP contribution in [0.2, 0.25) is 19.1 Å². The normalized spacial score (nSPS) is 18.8. The van der Waals surface area contributed by atoms with Gasteiger partial charge in [-0.1, -0.05) is 85.0 Å². The molecular formula is C25H35BO2Si. The van der Waals surface area contributed by atoms with Crippen LogP contribution in [0.3, 0.4) is 0 Å². The summed E-state index contributed by atoms with van der Waals surface area (Å²) in [5.41, 5.74) is 2.06. The average Bonchev–Trinajstić information content (AvgIpc) is 2.90. The second kappa shape index (κ2) is 8.63. The molecule has 154 valence electrons. The van der Waals surface area contributed by atoms with Crippen molar-refractivity contribution in [2.45, 2.75) is 70.9 Å². The molecule has 0 amide bonds. The molecule has 1 fully saturated rings. The van der Waals surface area contributed by atoms with Gasteiger partial charge in [0.25, 0.3) is 0 Å². The Morgan fingerprint density at radius 2 is 1.38 bits per heavy atom. The maximum atomic E-state index is 6.44. The predicted octanol–water partition coefficient (Wildman–Crippen LogP) is 5.79. The first kappa shape index (κ1) is 22.1. The van der Waals surface area contributed by atoms with E-state index in [-0.39, 0.29) is 18.3 Å². The first-order valence-electron chi connectivity index (χ1n) is 10.7. The van der Waals surface area contributed by atoms with Gasteiger partial charge < -0.3 is 9.31 Å². The molecule has 0 atom stereocenters. The fraction of sp³-hybridized carbons (Fsp3) is 0.440. The zero-order chi connectivity index (χ0) is 21.1. The first-order valence-corrected chi connectivity index (χ1v) is 14.0. The summed E-state index contributed by atoms with van der Waals surface area (Å²) in [6.07, 6.45) is 4.42. The van der Waals surface area contributed by atoms with Crippen molar-refractivity contribution in [2.75, 3.05) is 0 Å². The lowest BCUT2D eigenvalue weighted by molar-refractivity contribution is 0.00578. The van der Waals surface area contributed by atoms with Crippen LogP contribution < -0.4 is 5.19 Å². The molecule has 0 bridgehead atoms. The Balaban J connectivity index is 1.82. The highest BCUT2D eigenvalue weighted by molar-refractivity contribution is 6.91. The predicted molar refractivity (Wildman–Crippen MR) is 127 cm³/mol. The third-order valence-corrected chi connectivity index (χ3v) is 9.63. The van der Waals surface area contributed by atoms with E-state index in [1.54, 1.807) is 0 Å². The summed E-state index contributed by atoms with van der Waals surface area (Å²) in [6, 6.07) is 22.7. The molecule has 0 aliphatic carbocycles. The van der Waals surface area contributed by atoms with Crippen molar-refractivity contribution >= 4 is 20.4 Å². The van der Waals surface area contributed by atoms with Crippen molar-refractivity contribution in [3.05, 3.63) is 77.8 Å². The topological polar surface area (TPSA) is 18.5 Å². The van der Waals surface area contributed by atoms with Crippen LogP contribution in [-0.4, -0.2) is 26.4 Å². The second-order valence-electron chi connectivity index (χ2n) is 9.82. The van der Waals surface area contributed by atoms with E-state index in [0.717, 1.165) is 18.9 Å². The molecule has 1 heterocycles. The zero-order valence-electron chi connectivity index (χ0n) is 18.9. The van der Waals surface area contributed by atoms with Gasteiger partial charge in [0.2, 0.25) is 0 Å². The van der Waals surface area contributed by atoms with Gasteiger partial charge in [-0.2, -0.15) is 0 Å². The maximum absolute atomic E-state index is 6.44. The maximum Gasteiger partial charge on any atom is 0.489 e. The quantitative estimate of drug-likeness (QED) is 0.542. The zero-order valence-corrected chi connectivity index (χ0v) is 19.9. The number of hydrogen-bond acceptors (Lipinski definition) is 2. The molecule has 1 saturated heterocycles. The average molecular weight is 406 g/mol. The smallest absolute Gasteiger partial charge is 0.400 e. The minimum atomic E-state index is -1.66. The molecule has 3 rings (SSSR count). The second-order valence-corrected chi connectivity index (χ2v) is 14.5. The van der Waals surface area contributed by atoms with Crippen molar-refractivity contribution in [3.8, 4) is 0 Å². The molecule has 0 unspecified atom stereocenters. The summed E-state index contributed by atoms with van der Waals surface area (Å²) in [4.78, 5) is 0. The van der Waals surface area contributed by atoms with E-state index in [1.807, 2.05) is 0 Å². The van der Waals surface area contributed by atoms with Gasteiger partial charge in [-0.3, -0.25) is 0 Å². The van der Waals surface area contributed by atoms with E-state index < -0.39 is 8.07 Å². The third-order valence-electron chi connectivity index (χ3n) is 6.44. The van der Waals surface area contributed by atoms with E-state index in [9.17, 15) is 0 Å². The number of allylic oxidation sites excluding steroid dienone is 2. The number of benzene rings is 2. The Bertz CT molecular complexity index is 812. The first-order chi connectivity index (χ1) is 13.6. The number of rotatable bonds is 7. The van der Waals surface area contributed by atoms with E-state index >= 15 is 0 Å². The highest BCUT2D eigenvalue weighted by Gasteiger charge is 2.52. The van der Waals surface area contributed by atoms with Gasteiger partial charge in [0, 0.05) is 0 Å². The Hall–Kier alpha value is -1.62. The fourth-order valence-corrected chi connectivity index (χ4v) is 6.45. The summed E-state index contributed by atoms with van der Waals surface area (Å²) >= 11 is 0. The van der Waals surface area contributed by atoms with Crippen LogP contribution in [0.15, 0.2) is 72.2 Å². The van der Waals surface area contributed by atoms with Crippen LogP contribution in [0.4, 0.5) is 0 Å². The summed E-state index contributed by atoms with van der Waals surface area (Å²) in [7, 11) is -1.92. The number of aryl methyl sites for hydroxylation is 1. The molecule has 0 radical (unpaired) electrons. The van der Waals surface area contributed by atoms with Crippen LogP contribution in [-0.2, 0) is 15.7 Å². The van der Waals surface area contributed by atoms with Gasteiger partial charge in [-0.15, -0.1) is 0 Å². The highest BCUT2D eigenvalue weighted by Crippen LogP contribution is 2.40. The lowest BCUT2D eigenvalue weighted by atomic mass is 9.78. The lowest BCUT2D eigenvalue weighted by Gasteiger charge is -2.32. The summed E-state index contributed by atoms with van der Waals surface area (Å²) < 4.78 is 12.9. The van der Waals surface area contributed by atoms with E-state index in [4.69, 9.17) is 9.31 Å². The van der Waals surface area contributed by atoms with Crippen LogP contribution in [0.1, 0.15) is 39.7 Å². The summed E-state index contributed by atoms with van der Waals surface area (Å²) in [5.74, 6) is 0. The molecule has 2 aromatic carbocycles. The molecule has 2 nitrogen and oxygen atoms in total. The van der Waals surface area contributed by atoms with Crippen LogP contribution in [0, 0.1) is 0 Å². The van der Waals surface area contributed by atoms with Crippen molar-refractivity contribution < 1.29 is 9.31 Å². The Morgan fingerprint density at radius 3 is 1.93 bits per heavy atom. The fourth-order valence-electron chi connectivity index (χ4n) is 3.82. The van der Waals surface area contributed by atoms with Crippen molar-refractivity contribution in [1.82, 2.24) is 0 Å². The summed E-state index contributed by atoms with van der Waals surface area (Å²) in [5, 5.41) is 1.48. The van der Waals surface area contributed by atoms with Gasteiger partial charge in [-0.05, 0) is 57.6 Å². The Morgan fingerprint density at radius 1 is 0.862 bits per heavy atom. The van der Waals surface area contributed by atoms with Gasteiger partial charge in [0.15, 0.2) is 0 Å². The van der Waals surface area contributed by atoms with Crippen LogP contribution in [0.25, 0.3) is 0 Å². The van der Waals surface area contributed by atoms with Crippen molar-refractivity contribution in [1.29, 1.82) is 0 Å². The molecule has 1 aliphatic rings. The molecule has 29 heavy (non-hydrogen) atoms. The van der Waals surface area contributed by atoms with Gasteiger partial charge in [-0.25, -0.2) is 0 Å². The molecule has 1 aliphatic heterocycles. The van der Waals surface area contributed by atoms with Crippen LogP contribution >= 0.6 is 0 Å². The SMILES string of the molecule is CC1(C)OB(C(=CCCc2ccccc2)C[Si](C)(C)c2ccccc2)OC1(C)C. The molecule has 4 heteroatoms. The molecule has 0 saturated carbocycles. The molecule has 0 spiro atoms. The van der Waals surface area contributed by atoms with Gasteiger partial charge >= 0.3 is 7.12 Å². The largest absolute Gasteiger partial charge is 0.489 e. The van der Waals surface area contributed by atoms with E-state index in [2.05, 4.69) is 108 Å². The van der Waals surface area contributed by atoms with Gasteiger partial charge in [0.05, 0.1) is 19.3 Å². The Kier molecular flexibility index (Phi) is 6.57. The molecule has 0 N–H and O–H groups in total. The Labute approximate surface area is 178 Å². The highest BCUT2D eigenvalue weighted by atomic mass is 28.3. The van der Waals surface area contributed by atoms with Crippen molar-refractivity contribution in [3.63, 3.8) is 0 Å².